The van der Waals surface area contributed by atoms with Crippen LogP contribution in [0.2, 0.25) is 0 Å². The van der Waals surface area contributed by atoms with Gasteiger partial charge in [0.1, 0.15) is 5.65 Å². The van der Waals surface area contributed by atoms with E-state index < -0.39 is 0 Å². The molecule has 31 heavy (non-hydrogen) atoms. The van der Waals surface area contributed by atoms with E-state index in [1.165, 1.54) is 53.6 Å². The quantitative estimate of drug-likeness (QED) is 0.272. The molecule has 3 heterocycles. The highest BCUT2D eigenvalue weighted by atomic mass is 32.1. The van der Waals surface area contributed by atoms with Crippen LogP contribution in [-0.2, 0) is 0 Å². The number of aromatic nitrogens is 2. The van der Waals surface area contributed by atoms with E-state index in [0.717, 1.165) is 0 Å². The average molecular weight is 415 g/mol. The van der Waals surface area contributed by atoms with Gasteiger partial charge >= 0.3 is 0 Å². The van der Waals surface area contributed by atoms with Crippen molar-refractivity contribution in [3.63, 3.8) is 0 Å². The molecule has 0 spiro atoms. The topological polar surface area (TPSA) is 9.86 Å². The second-order valence-corrected chi connectivity index (χ2v) is 8.89. The molecular formula is C28H18N2S. The van der Waals surface area contributed by atoms with Crippen LogP contribution in [0.15, 0.2) is 109 Å². The predicted octanol–water partition coefficient (Wildman–Crippen LogP) is 7.94. The first kappa shape index (κ1) is 16.9. The fourth-order valence-corrected chi connectivity index (χ4v) is 6.10. The van der Waals surface area contributed by atoms with Crippen molar-refractivity contribution >= 4 is 53.6 Å². The van der Waals surface area contributed by atoms with Gasteiger partial charge < -0.3 is 0 Å². The third-order valence-corrected chi connectivity index (χ3v) is 7.29. The summed E-state index contributed by atoms with van der Waals surface area (Å²) in [6.07, 6.45) is 0. The fourth-order valence-electron chi connectivity index (χ4n) is 4.86. The van der Waals surface area contributed by atoms with Crippen molar-refractivity contribution in [1.82, 2.24) is 9.13 Å². The third kappa shape index (κ3) is 2.27. The summed E-state index contributed by atoms with van der Waals surface area (Å²) in [5, 5.41) is 3.94. The minimum atomic E-state index is 1.18. The molecule has 0 amide bonds. The average Bonchev–Trinajstić information content (AvgIpc) is 3.46. The summed E-state index contributed by atoms with van der Waals surface area (Å²) in [6, 6.07) is 39.0. The van der Waals surface area contributed by atoms with Crippen LogP contribution in [0.1, 0.15) is 0 Å². The molecule has 0 saturated carbocycles. The molecule has 0 saturated heterocycles. The molecule has 0 fully saturated rings. The highest BCUT2D eigenvalue weighted by Gasteiger charge is 2.24. The van der Waals surface area contributed by atoms with Crippen LogP contribution in [0.5, 0.6) is 0 Å². The van der Waals surface area contributed by atoms with Crippen molar-refractivity contribution in [2.45, 2.75) is 0 Å². The van der Waals surface area contributed by atoms with E-state index in [1.807, 2.05) is 11.3 Å². The number of nitrogens with zero attached hydrogens (tertiary/aromatic N) is 2. The van der Waals surface area contributed by atoms with Crippen molar-refractivity contribution in [2.75, 3.05) is 0 Å². The first-order chi connectivity index (χ1) is 15.4. The molecule has 146 valence electrons. The number of thiophene rings is 1. The van der Waals surface area contributed by atoms with Gasteiger partial charge in [0, 0.05) is 32.2 Å². The van der Waals surface area contributed by atoms with Gasteiger partial charge in [0.2, 0.25) is 0 Å². The largest absolute Gasteiger partial charge is 0.295 e. The van der Waals surface area contributed by atoms with Crippen LogP contribution >= 0.6 is 11.3 Å². The zero-order valence-corrected chi connectivity index (χ0v) is 17.5. The van der Waals surface area contributed by atoms with Crippen LogP contribution in [0.3, 0.4) is 0 Å². The van der Waals surface area contributed by atoms with E-state index in [-0.39, 0.29) is 0 Å². The SMILES string of the molecule is c1ccc(-n2c3ccccc3c3c4sc5ccccc5c4n(-c4ccccc4)c32)cc1. The molecule has 7 aromatic rings. The van der Waals surface area contributed by atoms with Gasteiger partial charge in [-0.3, -0.25) is 9.13 Å². The number of fused-ring (bicyclic) bond motifs is 7. The number of benzene rings is 4. The highest BCUT2D eigenvalue weighted by molar-refractivity contribution is 7.26. The van der Waals surface area contributed by atoms with Gasteiger partial charge in [0.25, 0.3) is 0 Å². The van der Waals surface area contributed by atoms with E-state index in [2.05, 4.69) is 118 Å². The Morgan fingerprint density at radius 3 is 1.84 bits per heavy atom. The van der Waals surface area contributed by atoms with Crippen molar-refractivity contribution in [3.8, 4) is 11.4 Å². The van der Waals surface area contributed by atoms with Crippen LogP contribution in [-0.4, -0.2) is 9.13 Å². The van der Waals surface area contributed by atoms with Gasteiger partial charge in [-0.05, 0) is 36.4 Å². The molecule has 2 nitrogen and oxygen atoms in total. The Bertz CT molecular complexity index is 1720. The van der Waals surface area contributed by atoms with Crippen molar-refractivity contribution in [3.05, 3.63) is 109 Å². The van der Waals surface area contributed by atoms with Crippen molar-refractivity contribution in [2.24, 2.45) is 0 Å². The van der Waals surface area contributed by atoms with Crippen LogP contribution in [0, 0.1) is 0 Å². The second kappa shape index (κ2) is 6.34. The number of hydrogen-bond donors (Lipinski definition) is 0. The molecule has 3 aromatic heterocycles. The Morgan fingerprint density at radius 1 is 0.516 bits per heavy atom. The lowest BCUT2D eigenvalue weighted by molar-refractivity contribution is 1.07. The molecule has 0 N–H and O–H groups in total. The van der Waals surface area contributed by atoms with Gasteiger partial charge in [0.05, 0.1) is 15.7 Å². The van der Waals surface area contributed by atoms with Gasteiger partial charge in [-0.25, -0.2) is 0 Å². The maximum atomic E-state index is 2.45. The minimum absolute atomic E-state index is 1.18. The Hall–Kier alpha value is -3.82. The van der Waals surface area contributed by atoms with E-state index >= 15 is 0 Å². The molecule has 0 atom stereocenters. The molecule has 0 aliphatic rings. The second-order valence-electron chi connectivity index (χ2n) is 7.83. The monoisotopic (exact) mass is 414 g/mol. The van der Waals surface area contributed by atoms with Crippen LogP contribution in [0.4, 0.5) is 0 Å². The summed E-state index contributed by atoms with van der Waals surface area (Å²) in [4.78, 5) is 0. The normalized spacial score (nSPS) is 11.9. The summed E-state index contributed by atoms with van der Waals surface area (Å²) in [5.74, 6) is 0. The van der Waals surface area contributed by atoms with Gasteiger partial charge in [-0.2, -0.15) is 0 Å². The maximum Gasteiger partial charge on any atom is 0.132 e. The number of hydrogen-bond acceptors (Lipinski definition) is 1. The molecule has 0 bridgehead atoms. The van der Waals surface area contributed by atoms with E-state index in [0.29, 0.717) is 0 Å². The molecule has 4 aromatic carbocycles. The van der Waals surface area contributed by atoms with E-state index in [4.69, 9.17) is 0 Å². The standard InChI is InChI=1S/C28H18N2S/c1-3-11-19(12-4-1)29-23-17-9-7-15-21(23)25-27-26(22-16-8-10-18-24(22)31-27)30(28(25)29)20-13-5-2-6-14-20/h1-18H. The molecular weight excluding hydrogens is 396 g/mol. The molecule has 0 aliphatic heterocycles. The first-order valence-electron chi connectivity index (χ1n) is 10.5. The van der Waals surface area contributed by atoms with Crippen LogP contribution < -0.4 is 0 Å². The van der Waals surface area contributed by atoms with E-state index in [1.54, 1.807) is 0 Å². The summed E-state index contributed by atoms with van der Waals surface area (Å²) >= 11 is 1.90. The zero-order chi connectivity index (χ0) is 20.4. The number of para-hydroxylation sites is 3. The smallest absolute Gasteiger partial charge is 0.132 e. The predicted molar refractivity (Wildman–Crippen MR) is 133 cm³/mol. The fraction of sp³-hybridized carbons (Fsp3) is 0. The molecule has 0 unspecified atom stereocenters. The first-order valence-corrected chi connectivity index (χ1v) is 11.3. The van der Waals surface area contributed by atoms with Crippen LogP contribution in [0.25, 0.3) is 53.6 Å². The number of rotatable bonds is 2. The summed E-state index contributed by atoms with van der Waals surface area (Å²) in [6.45, 7) is 0. The van der Waals surface area contributed by atoms with E-state index in [9.17, 15) is 0 Å². The highest BCUT2D eigenvalue weighted by Crippen LogP contribution is 2.46. The zero-order valence-electron chi connectivity index (χ0n) is 16.7. The molecule has 0 aliphatic carbocycles. The van der Waals surface area contributed by atoms with Gasteiger partial charge in [0.15, 0.2) is 0 Å². The minimum Gasteiger partial charge on any atom is -0.295 e. The van der Waals surface area contributed by atoms with Crippen molar-refractivity contribution in [1.29, 1.82) is 0 Å². The molecule has 0 radical (unpaired) electrons. The summed E-state index contributed by atoms with van der Waals surface area (Å²) in [5.41, 5.74) is 6.13. The Labute approximate surface area is 183 Å². The Balaban J connectivity index is 1.81. The lowest BCUT2D eigenvalue weighted by Gasteiger charge is -2.12. The molecule has 7 rings (SSSR count). The summed E-state index contributed by atoms with van der Waals surface area (Å²) < 4.78 is 7.55. The maximum absolute atomic E-state index is 2.45. The third-order valence-electron chi connectivity index (χ3n) is 6.11. The molecule has 3 heteroatoms. The van der Waals surface area contributed by atoms with Gasteiger partial charge in [-0.15, -0.1) is 11.3 Å². The summed E-state index contributed by atoms with van der Waals surface area (Å²) in [7, 11) is 0. The Kier molecular flexibility index (Phi) is 3.46. The lowest BCUT2D eigenvalue weighted by Crippen LogP contribution is -2.01. The Morgan fingerprint density at radius 2 is 1.10 bits per heavy atom. The lowest BCUT2D eigenvalue weighted by atomic mass is 10.2. The van der Waals surface area contributed by atoms with Gasteiger partial charge in [-0.1, -0.05) is 72.8 Å². The van der Waals surface area contributed by atoms with Crippen molar-refractivity contribution < 1.29 is 0 Å².